The van der Waals surface area contributed by atoms with Crippen LogP contribution in [0.1, 0.15) is 62.1 Å². The number of fused-ring (bicyclic) bond motifs is 3. The summed E-state index contributed by atoms with van der Waals surface area (Å²) in [6, 6.07) is 11.2. The number of hydrogen-bond acceptors (Lipinski definition) is 6. The van der Waals surface area contributed by atoms with E-state index >= 15 is 0 Å². The maximum Gasteiger partial charge on any atom is 0.306 e. The smallest absolute Gasteiger partial charge is 0.306 e. The Morgan fingerprint density at radius 3 is 2.60 bits per heavy atom. The first-order valence-corrected chi connectivity index (χ1v) is 13.1. The van der Waals surface area contributed by atoms with Crippen molar-refractivity contribution in [2.75, 3.05) is 37.7 Å². The van der Waals surface area contributed by atoms with Crippen LogP contribution in [-0.2, 0) is 16.0 Å². The SMILES string of the molecule is CCOC(=O)CCc1c(C)c(C#N)c2nc3ccccc3n2c1N1CCN(C2CCCCC2)CC1. The van der Waals surface area contributed by atoms with Gasteiger partial charge in [0.15, 0.2) is 5.65 Å². The highest BCUT2D eigenvalue weighted by Gasteiger charge is 2.29. The first-order chi connectivity index (χ1) is 17.1. The third kappa shape index (κ3) is 4.48. The van der Waals surface area contributed by atoms with Crippen molar-refractivity contribution >= 4 is 28.5 Å². The maximum absolute atomic E-state index is 12.3. The number of carbonyl (C=O) groups excluding carboxylic acids is 1. The lowest BCUT2D eigenvalue weighted by molar-refractivity contribution is -0.143. The van der Waals surface area contributed by atoms with Gasteiger partial charge < -0.3 is 9.64 Å². The number of nitrogens with zero attached hydrogens (tertiary/aromatic N) is 5. The molecule has 2 aromatic heterocycles. The monoisotopic (exact) mass is 473 g/mol. The Labute approximate surface area is 207 Å². The summed E-state index contributed by atoms with van der Waals surface area (Å²) in [4.78, 5) is 22.3. The lowest BCUT2D eigenvalue weighted by atomic mass is 9.93. The number of anilines is 1. The van der Waals surface area contributed by atoms with Crippen LogP contribution < -0.4 is 4.90 Å². The fraction of sp³-hybridized carbons (Fsp3) is 0.536. The van der Waals surface area contributed by atoms with Gasteiger partial charge in [-0.15, -0.1) is 0 Å². The minimum Gasteiger partial charge on any atom is -0.466 e. The lowest BCUT2D eigenvalue weighted by Crippen LogP contribution is -2.51. The quantitative estimate of drug-likeness (QED) is 0.487. The van der Waals surface area contributed by atoms with E-state index in [4.69, 9.17) is 9.72 Å². The van der Waals surface area contributed by atoms with Gasteiger partial charge in [-0.05, 0) is 56.4 Å². The molecule has 2 fully saturated rings. The molecule has 0 spiro atoms. The summed E-state index contributed by atoms with van der Waals surface area (Å²) < 4.78 is 7.39. The molecule has 0 radical (unpaired) electrons. The molecule has 5 rings (SSSR count). The molecule has 35 heavy (non-hydrogen) atoms. The van der Waals surface area contributed by atoms with Gasteiger partial charge in [-0.2, -0.15) is 5.26 Å². The van der Waals surface area contributed by atoms with E-state index in [2.05, 4.69) is 26.3 Å². The average molecular weight is 474 g/mol. The van der Waals surface area contributed by atoms with Crippen LogP contribution in [-0.4, -0.2) is 59.1 Å². The minimum absolute atomic E-state index is 0.200. The Morgan fingerprint density at radius 1 is 1.14 bits per heavy atom. The number of para-hydroxylation sites is 2. The molecular formula is C28H35N5O2. The molecule has 1 aromatic carbocycles. The summed E-state index contributed by atoms with van der Waals surface area (Å²) in [5.74, 6) is 0.881. The Kier molecular flexibility index (Phi) is 6.92. The van der Waals surface area contributed by atoms with Crippen LogP contribution in [0.2, 0.25) is 0 Å². The average Bonchev–Trinajstić information content (AvgIpc) is 3.27. The van der Waals surface area contributed by atoms with Crippen LogP contribution in [0.4, 0.5) is 5.82 Å². The van der Waals surface area contributed by atoms with Crippen LogP contribution in [0.5, 0.6) is 0 Å². The van der Waals surface area contributed by atoms with Gasteiger partial charge in [0.05, 0.1) is 23.2 Å². The predicted octanol–water partition coefficient (Wildman–Crippen LogP) is 4.62. The summed E-state index contributed by atoms with van der Waals surface area (Å²) in [6.07, 6.45) is 7.54. The number of piperazine rings is 1. The number of rotatable bonds is 6. The molecule has 3 aromatic rings. The Hall–Kier alpha value is -3.11. The van der Waals surface area contributed by atoms with Crippen molar-refractivity contribution in [2.24, 2.45) is 0 Å². The van der Waals surface area contributed by atoms with E-state index in [1.165, 1.54) is 32.1 Å². The first kappa shape index (κ1) is 23.6. The van der Waals surface area contributed by atoms with E-state index in [9.17, 15) is 10.1 Å². The van der Waals surface area contributed by atoms with Crippen molar-refractivity contribution in [3.05, 3.63) is 41.0 Å². The number of aromatic nitrogens is 2. The van der Waals surface area contributed by atoms with Gasteiger partial charge >= 0.3 is 5.97 Å². The minimum atomic E-state index is -0.200. The Bertz CT molecular complexity index is 1260. The van der Waals surface area contributed by atoms with Gasteiger partial charge in [0.25, 0.3) is 0 Å². The summed E-state index contributed by atoms with van der Waals surface area (Å²) >= 11 is 0. The van der Waals surface area contributed by atoms with E-state index < -0.39 is 0 Å². The molecule has 7 heteroatoms. The number of benzene rings is 1. The Balaban J connectivity index is 1.58. The van der Waals surface area contributed by atoms with Gasteiger partial charge in [0.2, 0.25) is 0 Å². The van der Waals surface area contributed by atoms with Gasteiger partial charge in [-0.25, -0.2) is 4.98 Å². The zero-order valence-corrected chi connectivity index (χ0v) is 20.9. The number of carbonyl (C=O) groups is 1. The zero-order chi connectivity index (χ0) is 24.4. The summed E-state index contributed by atoms with van der Waals surface area (Å²) in [5.41, 5.74) is 5.15. The van der Waals surface area contributed by atoms with E-state index in [-0.39, 0.29) is 5.97 Å². The number of imidazole rings is 1. The van der Waals surface area contributed by atoms with Crippen LogP contribution in [0.15, 0.2) is 24.3 Å². The molecule has 0 N–H and O–H groups in total. The number of pyridine rings is 1. The third-order valence-corrected chi connectivity index (χ3v) is 7.79. The fourth-order valence-corrected chi connectivity index (χ4v) is 6.00. The van der Waals surface area contributed by atoms with Crippen LogP contribution in [0.25, 0.3) is 16.7 Å². The molecule has 0 amide bonds. The molecule has 0 bridgehead atoms. The molecule has 184 valence electrons. The largest absolute Gasteiger partial charge is 0.466 e. The van der Waals surface area contributed by atoms with E-state index in [0.717, 1.165) is 54.2 Å². The molecule has 1 aliphatic carbocycles. The van der Waals surface area contributed by atoms with E-state index in [1.54, 1.807) is 0 Å². The second-order valence-electron chi connectivity index (χ2n) is 9.79. The van der Waals surface area contributed by atoms with Gasteiger partial charge in [0, 0.05) is 38.6 Å². The van der Waals surface area contributed by atoms with E-state index in [1.807, 2.05) is 32.0 Å². The van der Waals surface area contributed by atoms with Gasteiger partial charge in [0.1, 0.15) is 11.9 Å². The number of nitriles is 1. The van der Waals surface area contributed by atoms with Gasteiger partial charge in [-0.1, -0.05) is 31.4 Å². The van der Waals surface area contributed by atoms with Crippen molar-refractivity contribution < 1.29 is 9.53 Å². The summed E-state index contributed by atoms with van der Waals surface area (Å²) in [5, 5.41) is 10.1. The van der Waals surface area contributed by atoms with Crippen LogP contribution in [0.3, 0.4) is 0 Å². The first-order valence-electron chi connectivity index (χ1n) is 13.1. The molecule has 7 nitrogen and oxygen atoms in total. The summed E-state index contributed by atoms with van der Waals surface area (Å²) in [7, 11) is 0. The second kappa shape index (κ2) is 10.2. The molecule has 1 aliphatic heterocycles. The number of hydrogen-bond donors (Lipinski definition) is 0. The van der Waals surface area contributed by atoms with Crippen molar-refractivity contribution in [1.82, 2.24) is 14.3 Å². The molecule has 1 saturated heterocycles. The molecule has 2 aliphatic rings. The van der Waals surface area contributed by atoms with Crippen LogP contribution in [0, 0.1) is 18.3 Å². The molecular weight excluding hydrogens is 438 g/mol. The molecule has 0 unspecified atom stereocenters. The highest BCUT2D eigenvalue weighted by molar-refractivity contribution is 5.86. The topological polar surface area (TPSA) is 73.9 Å². The highest BCUT2D eigenvalue weighted by atomic mass is 16.5. The number of esters is 1. The third-order valence-electron chi connectivity index (χ3n) is 7.79. The molecule has 0 atom stereocenters. The number of ether oxygens (including phenoxy) is 1. The van der Waals surface area contributed by atoms with Crippen molar-refractivity contribution in [2.45, 2.75) is 64.8 Å². The Morgan fingerprint density at radius 2 is 1.89 bits per heavy atom. The molecule has 1 saturated carbocycles. The van der Waals surface area contributed by atoms with Crippen molar-refractivity contribution in [3.8, 4) is 6.07 Å². The second-order valence-corrected chi connectivity index (χ2v) is 9.79. The zero-order valence-electron chi connectivity index (χ0n) is 20.9. The maximum atomic E-state index is 12.3. The predicted molar refractivity (Wildman–Crippen MR) is 138 cm³/mol. The van der Waals surface area contributed by atoms with Gasteiger partial charge in [-0.3, -0.25) is 14.1 Å². The highest BCUT2D eigenvalue weighted by Crippen LogP contribution is 2.35. The van der Waals surface area contributed by atoms with E-state index in [0.29, 0.717) is 36.7 Å². The molecule has 3 heterocycles. The van der Waals surface area contributed by atoms with Crippen molar-refractivity contribution in [3.63, 3.8) is 0 Å². The normalized spacial score (nSPS) is 17.7. The lowest BCUT2D eigenvalue weighted by Gasteiger charge is -2.42. The van der Waals surface area contributed by atoms with Crippen LogP contribution >= 0.6 is 0 Å². The standard InChI is InChI=1S/C28H35N5O2/c1-3-35-26(34)14-13-22-20(2)23(19-29)27-30-24-11-7-8-12-25(24)33(27)28(22)32-17-15-31(16-18-32)21-9-5-4-6-10-21/h7-8,11-12,21H,3-6,9-10,13-18H2,1-2H3. The van der Waals surface area contributed by atoms with Crippen molar-refractivity contribution in [1.29, 1.82) is 5.26 Å². The summed E-state index contributed by atoms with van der Waals surface area (Å²) in [6.45, 7) is 8.14. The fourth-order valence-electron chi connectivity index (χ4n) is 6.00.